The molecule has 4 heteroatoms. The molecule has 19 heavy (non-hydrogen) atoms. The topological polar surface area (TPSA) is 80.6 Å². The van der Waals surface area contributed by atoms with Crippen molar-refractivity contribution in [2.45, 2.75) is 0 Å². The molecule has 0 atom stereocenters. The largest absolute Gasteiger partial charge is 0.457 e. The van der Waals surface area contributed by atoms with Crippen molar-refractivity contribution < 1.29 is 4.74 Å². The zero-order chi connectivity index (χ0) is 13.7. The fourth-order valence-electron chi connectivity index (χ4n) is 1.54. The first-order chi connectivity index (χ1) is 9.26. The lowest BCUT2D eigenvalue weighted by Gasteiger charge is -2.06. The summed E-state index contributed by atoms with van der Waals surface area (Å²) in [7, 11) is 0. The number of hydrogen-bond donors (Lipinski definition) is 0. The third kappa shape index (κ3) is 2.69. The number of rotatable bonds is 2. The standard InChI is InChI=1S/C15H7N3O/c16-8-11-2-1-3-14(6-11)19-15-5-4-12(9-17)13(7-15)10-18/h1-7H. The van der Waals surface area contributed by atoms with Crippen LogP contribution in [0.5, 0.6) is 11.5 Å². The first-order valence-electron chi connectivity index (χ1n) is 5.39. The number of hydrogen-bond acceptors (Lipinski definition) is 4. The molecular weight excluding hydrogens is 238 g/mol. The summed E-state index contributed by atoms with van der Waals surface area (Å²) in [6, 6.07) is 17.2. The third-order valence-corrected chi connectivity index (χ3v) is 2.43. The van der Waals surface area contributed by atoms with Gasteiger partial charge in [-0.15, -0.1) is 0 Å². The monoisotopic (exact) mass is 245 g/mol. The van der Waals surface area contributed by atoms with Crippen LogP contribution in [-0.4, -0.2) is 0 Å². The van der Waals surface area contributed by atoms with Crippen LogP contribution in [0.3, 0.4) is 0 Å². The summed E-state index contributed by atoms with van der Waals surface area (Å²) in [4.78, 5) is 0. The maximum absolute atomic E-state index is 8.92. The van der Waals surface area contributed by atoms with E-state index in [0.717, 1.165) is 0 Å². The molecule has 0 unspecified atom stereocenters. The van der Waals surface area contributed by atoms with Crippen molar-refractivity contribution in [1.82, 2.24) is 0 Å². The Hall–Kier alpha value is -3.29. The predicted octanol–water partition coefficient (Wildman–Crippen LogP) is 3.09. The minimum absolute atomic E-state index is 0.261. The normalized spacial score (nSPS) is 8.89. The molecule has 0 aliphatic heterocycles. The van der Waals surface area contributed by atoms with Gasteiger partial charge in [0.25, 0.3) is 0 Å². The number of benzene rings is 2. The van der Waals surface area contributed by atoms with Gasteiger partial charge in [-0.2, -0.15) is 15.8 Å². The summed E-state index contributed by atoms with van der Waals surface area (Å²) >= 11 is 0. The van der Waals surface area contributed by atoms with Crippen LogP contribution in [0.15, 0.2) is 42.5 Å². The average molecular weight is 245 g/mol. The highest BCUT2D eigenvalue weighted by Gasteiger charge is 2.05. The van der Waals surface area contributed by atoms with Gasteiger partial charge in [-0.25, -0.2) is 0 Å². The second-order valence-corrected chi connectivity index (χ2v) is 3.67. The van der Waals surface area contributed by atoms with Crippen LogP contribution in [0.4, 0.5) is 0 Å². The van der Waals surface area contributed by atoms with Gasteiger partial charge in [0.05, 0.1) is 22.8 Å². The molecule has 0 N–H and O–H groups in total. The molecule has 2 aromatic rings. The Morgan fingerprint density at radius 2 is 1.47 bits per heavy atom. The highest BCUT2D eigenvalue weighted by molar-refractivity contribution is 5.50. The molecule has 2 rings (SSSR count). The average Bonchev–Trinajstić information content (AvgIpc) is 2.47. The number of nitrogens with zero attached hydrogens (tertiary/aromatic N) is 3. The Morgan fingerprint density at radius 3 is 2.16 bits per heavy atom. The molecule has 0 heterocycles. The van der Waals surface area contributed by atoms with Gasteiger partial charge in [0, 0.05) is 0 Å². The fourth-order valence-corrected chi connectivity index (χ4v) is 1.54. The summed E-state index contributed by atoms with van der Waals surface area (Å²) in [6.07, 6.45) is 0. The Bertz CT molecular complexity index is 745. The lowest BCUT2D eigenvalue weighted by atomic mass is 10.1. The van der Waals surface area contributed by atoms with E-state index in [0.29, 0.717) is 22.6 Å². The molecule has 0 radical (unpaired) electrons. The zero-order valence-corrected chi connectivity index (χ0v) is 9.79. The SMILES string of the molecule is N#Cc1cccc(Oc2ccc(C#N)c(C#N)c2)c1. The van der Waals surface area contributed by atoms with Gasteiger partial charge in [0.2, 0.25) is 0 Å². The summed E-state index contributed by atoms with van der Waals surface area (Å²) < 4.78 is 5.55. The van der Waals surface area contributed by atoms with Crippen molar-refractivity contribution in [2.75, 3.05) is 0 Å². The first-order valence-corrected chi connectivity index (χ1v) is 5.39. The number of nitriles is 3. The van der Waals surface area contributed by atoms with Crippen molar-refractivity contribution in [1.29, 1.82) is 15.8 Å². The quantitative estimate of drug-likeness (QED) is 0.814. The van der Waals surface area contributed by atoms with Crippen molar-refractivity contribution >= 4 is 0 Å². The Kier molecular flexibility index (Phi) is 3.44. The van der Waals surface area contributed by atoms with Crippen molar-refractivity contribution in [3.8, 4) is 29.7 Å². The van der Waals surface area contributed by atoms with E-state index in [-0.39, 0.29) is 5.56 Å². The summed E-state index contributed by atoms with van der Waals surface area (Å²) in [6.45, 7) is 0. The molecule has 0 spiro atoms. The highest BCUT2D eigenvalue weighted by Crippen LogP contribution is 2.24. The van der Waals surface area contributed by atoms with Crippen LogP contribution in [0.2, 0.25) is 0 Å². The molecule has 0 bridgehead atoms. The Labute approximate surface area is 110 Å². The lowest BCUT2D eigenvalue weighted by Crippen LogP contribution is -1.88. The molecule has 0 aliphatic rings. The van der Waals surface area contributed by atoms with E-state index in [2.05, 4.69) is 0 Å². The zero-order valence-electron chi connectivity index (χ0n) is 9.79. The summed E-state index contributed by atoms with van der Waals surface area (Å²) in [5.41, 5.74) is 1.06. The van der Waals surface area contributed by atoms with Gasteiger partial charge < -0.3 is 4.74 Å². The molecule has 0 aliphatic carbocycles. The summed E-state index contributed by atoms with van der Waals surface area (Å²) in [5, 5.41) is 26.5. The Balaban J connectivity index is 2.32. The molecule has 88 valence electrons. The first kappa shape index (κ1) is 12.2. The highest BCUT2D eigenvalue weighted by atomic mass is 16.5. The van der Waals surface area contributed by atoms with Gasteiger partial charge in [-0.1, -0.05) is 6.07 Å². The predicted molar refractivity (Wildman–Crippen MR) is 67.1 cm³/mol. The summed E-state index contributed by atoms with van der Waals surface area (Å²) in [5.74, 6) is 0.957. The van der Waals surface area contributed by atoms with Crippen LogP contribution in [-0.2, 0) is 0 Å². The van der Waals surface area contributed by atoms with E-state index >= 15 is 0 Å². The fraction of sp³-hybridized carbons (Fsp3) is 0. The maximum atomic E-state index is 8.92. The van der Waals surface area contributed by atoms with Gasteiger partial charge in [0.1, 0.15) is 23.6 Å². The molecule has 0 fully saturated rings. The van der Waals surface area contributed by atoms with Crippen LogP contribution in [0.25, 0.3) is 0 Å². The van der Waals surface area contributed by atoms with Gasteiger partial charge in [0.15, 0.2) is 0 Å². The second-order valence-electron chi connectivity index (χ2n) is 3.67. The van der Waals surface area contributed by atoms with Gasteiger partial charge >= 0.3 is 0 Å². The molecule has 0 aromatic heterocycles. The lowest BCUT2D eigenvalue weighted by molar-refractivity contribution is 0.482. The van der Waals surface area contributed by atoms with Gasteiger partial charge in [-0.3, -0.25) is 0 Å². The van der Waals surface area contributed by atoms with Crippen molar-refractivity contribution in [2.24, 2.45) is 0 Å². The molecule has 2 aromatic carbocycles. The van der Waals surface area contributed by atoms with Gasteiger partial charge in [-0.05, 0) is 36.4 Å². The molecule has 0 saturated heterocycles. The third-order valence-electron chi connectivity index (χ3n) is 2.43. The second kappa shape index (κ2) is 5.36. The smallest absolute Gasteiger partial charge is 0.128 e. The van der Waals surface area contributed by atoms with E-state index in [4.69, 9.17) is 20.5 Å². The van der Waals surface area contributed by atoms with Crippen LogP contribution < -0.4 is 4.74 Å². The van der Waals surface area contributed by atoms with Crippen LogP contribution in [0, 0.1) is 34.0 Å². The van der Waals surface area contributed by atoms with E-state index in [1.165, 1.54) is 12.1 Å². The minimum atomic E-state index is 0.261. The Morgan fingerprint density at radius 1 is 0.737 bits per heavy atom. The minimum Gasteiger partial charge on any atom is -0.457 e. The van der Waals surface area contributed by atoms with Crippen molar-refractivity contribution in [3.63, 3.8) is 0 Å². The maximum Gasteiger partial charge on any atom is 0.128 e. The molecule has 0 amide bonds. The van der Waals surface area contributed by atoms with Crippen LogP contribution >= 0.6 is 0 Å². The van der Waals surface area contributed by atoms with E-state index in [1.54, 1.807) is 30.3 Å². The van der Waals surface area contributed by atoms with Crippen molar-refractivity contribution in [3.05, 3.63) is 59.2 Å². The number of ether oxygens (including phenoxy) is 1. The van der Waals surface area contributed by atoms with Crippen LogP contribution in [0.1, 0.15) is 16.7 Å². The van der Waals surface area contributed by atoms with E-state index < -0.39 is 0 Å². The van der Waals surface area contributed by atoms with E-state index in [9.17, 15) is 0 Å². The molecule has 0 saturated carbocycles. The van der Waals surface area contributed by atoms with E-state index in [1.807, 2.05) is 18.2 Å². The molecular formula is C15H7N3O. The molecule has 4 nitrogen and oxygen atoms in total.